The van der Waals surface area contributed by atoms with Gasteiger partial charge in [0.2, 0.25) is 0 Å². The Morgan fingerprint density at radius 2 is 2.07 bits per heavy atom. The third-order valence-electron chi connectivity index (χ3n) is 1.58. The van der Waals surface area contributed by atoms with Gasteiger partial charge in [-0.15, -0.1) is 0 Å². The van der Waals surface area contributed by atoms with Crippen molar-refractivity contribution in [2.75, 3.05) is 6.61 Å². The Bertz CT molecular complexity index is 328. The highest BCUT2D eigenvalue weighted by molar-refractivity contribution is 5.80. The molecule has 0 atom stereocenters. The predicted octanol–water partition coefficient (Wildman–Crippen LogP) is 2.10. The first kappa shape index (κ1) is 10.3. The van der Waals surface area contributed by atoms with Gasteiger partial charge in [-0.2, -0.15) is 0 Å². The van der Waals surface area contributed by atoms with E-state index in [0.29, 0.717) is 12.2 Å². The summed E-state index contributed by atoms with van der Waals surface area (Å²) in [5.74, 6) is -0.204. The van der Waals surface area contributed by atoms with Crippen molar-refractivity contribution in [1.29, 1.82) is 0 Å². The lowest BCUT2D eigenvalue weighted by Gasteiger charge is -2.04. The number of carbonyl (C=O) groups is 1. The van der Waals surface area contributed by atoms with E-state index in [1.54, 1.807) is 6.92 Å². The van der Waals surface area contributed by atoms with Gasteiger partial charge in [-0.25, -0.2) is 4.79 Å². The zero-order chi connectivity index (χ0) is 10.4. The summed E-state index contributed by atoms with van der Waals surface area (Å²) < 4.78 is 5.34. The van der Waals surface area contributed by atoms with Crippen molar-refractivity contribution in [2.45, 2.75) is 6.92 Å². The number of benzene rings is 1. The molecule has 1 aromatic rings. The average molecular weight is 192 g/mol. The summed E-state index contributed by atoms with van der Waals surface area (Å²) in [5.41, 5.74) is 0.682. The maximum atomic E-state index is 10.3. The summed E-state index contributed by atoms with van der Waals surface area (Å²) in [4.78, 5) is 10.3. The highest BCUT2D eigenvalue weighted by atomic mass is 16.5. The molecule has 0 aromatic heterocycles. The van der Waals surface area contributed by atoms with Crippen LogP contribution < -0.4 is 4.74 Å². The molecule has 1 aromatic carbocycles. The van der Waals surface area contributed by atoms with Gasteiger partial charge in [0, 0.05) is 6.08 Å². The number of carboxylic acids is 1. The molecular weight excluding hydrogens is 180 g/mol. The predicted molar refractivity (Wildman–Crippen MR) is 53.3 cm³/mol. The fourth-order valence-electron chi connectivity index (χ4n) is 0.966. The topological polar surface area (TPSA) is 46.5 Å². The molecular formula is C11H12O3. The molecule has 0 heterocycles. The summed E-state index contributed by atoms with van der Waals surface area (Å²) in [7, 11) is 0. The van der Waals surface area contributed by atoms with Crippen molar-refractivity contribution in [2.24, 2.45) is 0 Å². The van der Waals surface area contributed by atoms with Crippen LogP contribution in [0.1, 0.15) is 6.92 Å². The van der Waals surface area contributed by atoms with Crippen molar-refractivity contribution in [3.05, 3.63) is 42.0 Å². The summed E-state index contributed by atoms with van der Waals surface area (Å²) >= 11 is 0. The molecule has 0 aliphatic heterocycles. The smallest absolute Gasteiger partial charge is 0.328 e. The normalized spacial score (nSPS) is 11.1. The highest BCUT2D eigenvalue weighted by Gasteiger charge is 1.95. The SMILES string of the molecule is CC(=CC(=O)O)COc1ccccc1. The lowest BCUT2D eigenvalue weighted by atomic mass is 10.3. The van der Waals surface area contributed by atoms with Gasteiger partial charge >= 0.3 is 5.97 Å². The first-order valence-electron chi connectivity index (χ1n) is 4.26. The second-order valence-corrected chi connectivity index (χ2v) is 2.93. The van der Waals surface area contributed by atoms with Crippen molar-refractivity contribution in [3.8, 4) is 5.75 Å². The minimum Gasteiger partial charge on any atom is -0.489 e. The second kappa shape index (κ2) is 5.07. The van der Waals surface area contributed by atoms with Gasteiger partial charge in [0.05, 0.1) is 0 Å². The molecule has 1 N–H and O–H groups in total. The first-order chi connectivity index (χ1) is 6.68. The molecule has 74 valence electrons. The molecule has 0 bridgehead atoms. The number of aliphatic carboxylic acids is 1. The second-order valence-electron chi connectivity index (χ2n) is 2.93. The molecule has 1 rings (SSSR count). The molecule has 0 spiro atoms. The van der Waals surface area contributed by atoms with Crippen LogP contribution in [-0.4, -0.2) is 17.7 Å². The molecule has 3 nitrogen and oxygen atoms in total. The number of hydrogen-bond donors (Lipinski definition) is 1. The molecule has 0 aliphatic carbocycles. The zero-order valence-corrected chi connectivity index (χ0v) is 7.93. The molecule has 0 saturated heterocycles. The van der Waals surface area contributed by atoms with Crippen LogP contribution in [0.4, 0.5) is 0 Å². The van der Waals surface area contributed by atoms with Gasteiger partial charge in [0.25, 0.3) is 0 Å². The maximum Gasteiger partial charge on any atom is 0.328 e. The quantitative estimate of drug-likeness (QED) is 0.743. The Kier molecular flexibility index (Phi) is 3.73. The molecule has 0 fully saturated rings. The van der Waals surface area contributed by atoms with E-state index in [2.05, 4.69) is 0 Å². The maximum absolute atomic E-state index is 10.3. The van der Waals surface area contributed by atoms with Crippen molar-refractivity contribution < 1.29 is 14.6 Å². The molecule has 0 radical (unpaired) electrons. The van der Waals surface area contributed by atoms with Crippen molar-refractivity contribution in [3.63, 3.8) is 0 Å². The van der Waals surface area contributed by atoms with E-state index in [0.717, 1.165) is 11.8 Å². The van der Waals surface area contributed by atoms with Crippen LogP contribution in [0.3, 0.4) is 0 Å². The van der Waals surface area contributed by atoms with Crippen LogP contribution in [0.15, 0.2) is 42.0 Å². The molecule has 0 amide bonds. The number of hydrogen-bond acceptors (Lipinski definition) is 2. The van der Waals surface area contributed by atoms with E-state index in [-0.39, 0.29) is 0 Å². The average Bonchev–Trinajstić information content (AvgIpc) is 2.15. The van der Waals surface area contributed by atoms with E-state index in [1.807, 2.05) is 30.3 Å². The molecule has 0 saturated carbocycles. The third kappa shape index (κ3) is 3.76. The Balaban J connectivity index is 2.45. The Morgan fingerprint density at radius 3 is 2.64 bits per heavy atom. The van der Waals surface area contributed by atoms with Crippen LogP contribution in [0, 0.1) is 0 Å². The summed E-state index contributed by atoms with van der Waals surface area (Å²) in [6.45, 7) is 2.02. The van der Waals surface area contributed by atoms with E-state index in [9.17, 15) is 4.79 Å². The van der Waals surface area contributed by atoms with Gasteiger partial charge in [0.1, 0.15) is 12.4 Å². The summed E-state index contributed by atoms with van der Waals surface area (Å²) in [6.07, 6.45) is 1.14. The van der Waals surface area contributed by atoms with Crippen molar-refractivity contribution >= 4 is 5.97 Å². The van der Waals surface area contributed by atoms with E-state index in [1.165, 1.54) is 0 Å². The van der Waals surface area contributed by atoms with E-state index < -0.39 is 5.97 Å². The van der Waals surface area contributed by atoms with E-state index in [4.69, 9.17) is 9.84 Å². The number of ether oxygens (including phenoxy) is 1. The Labute approximate surface area is 82.6 Å². The Morgan fingerprint density at radius 1 is 1.43 bits per heavy atom. The fraction of sp³-hybridized carbons (Fsp3) is 0.182. The molecule has 0 aliphatic rings. The van der Waals surface area contributed by atoms with Gasteiger partial charge in [-0.05, 0) is 24.6 Å². The highest BCUT2D eigenvalue weighted by Crippen LogP contribution is 2.09. The standard InChI is InChI=1S/C11H12O3/c1-9(7-11(12)13)8-14-10-5-3-2-4-6-10/h2-7H,8H2,1H3,(H,12,13). The van der Waals surface area contributed by atoms with Gasteiger partial charge in [-0.1, -0.05) is 18.2 Å². The van der Waals surface area contributed by atoms with Gasteiger partial charge < -0.3 is 9.84 Å². The third-order valence-corrected chi connectivity index (χ3v) is 1.58. The largest absolute Gasteiger partial charge is 0.489 e. The van der Waals surface area contributed by atoms with Crippen molar-refractivity contribution in [1.82, 2.24) is 0 Å². The fourth-order valence-corrected chi connectivity index (χ4v) is 0.966. The van der Waals surface area contributed by atoms with Gasteiger partial charge in [-0.3, -0.25) is 0 Å². The summed E-state index contributed by atoms with van der Waals surface area (Å²) in [6, 6.07) is 9.28. The van der Waals surface area contributed by atoms with Crippen LogP contribution >= 0.6 is 0 Å². The first-order valence-corrected chi connectivity index (χ1v) is 4.26. The molecule has 14 heavy (non-hydrogen) atoms. The molecule has 3 heteroatoms. The zero-order valence-electron chi connectivity index (χ0n) is 7.93. The lowest BCUT2D eigenvalue weighted by molar-refractivity contribution is -0.131. The number of rotatable bonds is 4. The minimum atomic E-state index is -0.945. The lowest BCUT2D eigenvalue weighted by Crippen LogP contribution is -2.01. The number of para-hydroxylation sites is 1. The Hall–Kier alpha value is -1.77. The van der Waals surface area contributed by atoms with E-state index >= 15 is 0 Å². The van der Waals surface area contributed by atoms with Gasteiger partial charge in [0.15, 0.2) is 0 Å². The monoisotopic (exact) mass is 192 g/mol. The van der Waals surface area contributed by atoms with Crippen LogP contribution in [0.2, 0.25) is 0 Å². The van der Waals surface area contributed by atoms with Crippen LogP contribution in [0.25, 0.3) is 0 Å². The van der Waals surface area contributed by atoms with Crippen LogP contribution in [0.5, 0.6) is 5.75 Å². The van der Waals surface area contributed by atoms with Crippen LogP contribution in [-0.2, 0) is 4.79 Å². The minimum absolute atomic E-state index is 0.302. The summed E-state index contributed by atoms with van der Waals surface area (Å²) in [5, 5.41) is 8.45. The number of carboxylic acid groups (broad SMARTS) is 1. The molecule has 0 unspecified atom stereocenters.